The highest BCUT2D eigenvalue weighted by atomic mass is 19.1. The number of benzene rings is 1. The molecule has 1 N–H and O–H groups in total. The van der Waals surface area contributed by atoms with E-state index < -0.39 is 12.0 Å². The maximum Gasteiger partial charge on any atom is 0.327 e. The fraction of sp³-hybridized carbons (Fsp3) is 0.562. The minimum atomic E-state index is -0.663. The van der Waals surface area contributed by atoms with Gasteiger partial charge in [0.05, 0.1) is 12.7 Å². The Morgan fingerprint density at radius 1 is 1.57 bits per heavy atom. The molecule has 1 aliphatic heterocycles. The van der Waals surface area contributed by atoms with E-state index in [4.69, 9.17) is 9.47 Å². The summed E-state index contributed by atoms with van der Waals surface area (Å²) in [6.07, 6.45) is 2.12. The largest absolute Gasteiger partial charge is 0.465 e. The Balaban J connectivity index is 2.09. The van der Waals surface area contributed by atoms with Crippen LogP contribution in [-0.2, 0) is 14.3 Å². The van der Waals surface area contributed by atoms with E-state index in [-0.39, 0.29) is 11.9 Å². The van der Waals surface area contributed by atoms with Crippen molar-refractivity contribution in [3.8, 4) is 0 Å². The zero-order valence-electron chi connectivity index (χ0n) is 12.5. The average molecular weight is 295 g/mol. The molecule has 2 rings (SSSR count). The van der Waals surface area contributed by atoms with Gasteiger partial charge in [-0.2, -0.15) is 0 Å². The minimum Gasteiger partial charge on any atom is -0.465 e. The van der Waals surface area contributed by atoms with Crippen LogP contribution < -0.4 is 5.32 Å². The lowest BCUT2D eigenvalue weighted by Gasteiger charge is -2.20. The fourth-order valence-corrected chi connectivity index (χ4v) is 2.41. The van der Waals surface area contributed by atoms with Gasteiger partial charge in [0.2, 0.25) is 0 Å². The van der Waals surface area contributed by atoms with E-state index in [1.807, 2.05) is 0 Å². The molecule has 2 unspecified atom stereocenters. The Morgan fingerprint density at radius 2 is 2.38 bits per heavy atom. The van der Waals surface area contributed by atoms with Crippen molar-refractivity contribution in [2.24, 2.45) is 0 Å². The molecular formula is C16H22FNO3. The van der Waals surface area contributed by atoms with Crippen LogP contribution in [0.2, 0.25) is 0 Å². The van der Waals surface area contributed by atoms with E-state index in [0.717, 1.165) is 19.4 Å². The number of nitrogens with one attached hydrogen (secondary N) is 1. The van der Waals surface area contributed by atoms with Crippen LogP contribution in [0.1, 0.15) is 36.9 Å². The van der Waals surface area contributed by atoms with Gasteiger partial charge in [-0.05, 0) is 43.9 Å². The molecule has 0 spiro atoms. The molecule has 1 saturated heterocycles. The third-order valence-corrected chi connectivity index (χ3v) is 3.63. The van der Waals surface area contributed by atoms with Crippen molar-refractivity contribution in [1.82, 2.24) is 5.32 Å². The predicted octanol–water partition coefficient (Wildman–Crippen LogP) is 2.51. The number of hydrogen-bond acceptors (Lipinski definition) is 4. The average Bonchev–Trinajstić information content (AvgIpc) is 2.96. The summed E-state index contributed by atoms with van der Waals surface area (Å²) < 4.78 is 24.3. The molecule has 0 saturated carbocycles. The van der Waals surface area contributed by atoms with Gasteiger partial charge in [-0.3, -0.25) is 5.32 Å². The van der Waals surface area contributed by atoms with Crippen molar-refractivity contribution in [3.05, 3.63) is 35.1 Å². The van der Waals surface area contributed by atoms with Gasteiger partial charge >= 0.3 is 5.97 Å². The first-order valence-electron chi connectivity index (χ1n) is 7.39. The van der Waals surface area contributed by atoms with Crippen molar-refractivity contribution in [2.45, 2.75) is 38.8 Å². The first-order chi connectivity index (χ1) is 10.1. The molecule has 1 aromatic carbocycles. The molecule has 21 heavy (non-hydrogen) atoms. The second kappa shape index (κ2) is 7.52. The molecule has 0 radical (unpaired) electrons. The van der Waals surface area contributed by atoms with E-state index in [1.54, 1.807) is 26.0 Å². The molecular weight excluding hydrogens is 273 g/mol. The third kappa shape index (κ3) is 4.25. The van der Waals surface area contributed by atoms with Gasteiger partial charge < -0.3 is 9.47 Å². The Hall–Kier alpha value is -1.46. The highest BCUT2D eigenvalue weighted by Crippen LogP contribution is 2.19. The molecule has 1 aromatic rings. The van der Waals surface area contributed by atoms with Gasteiger partial charge in [0.25, 0.3) is 0 Å². The Bertz CT molecular complexity index is 486. The van der Waals surface area contributed by atoms with Crippen LogP contribution in [0.3, 0.4) is 0 Å². The monoisotopic (exact) mass is 295 g/mol. The topological polar surface area (TPSA) is 47.6 Å². The van der Waals surface area contributed by atoms with Crippen molar-refractivity contribution < 1.29 is 18.7 Å². The highest BCUT2D eigenvalue weighted by molar-refractivity contribution is 5.77. The summed E-state index contributed by atoms with van der Waals surface area (Å²) in [6.45, 7) is 5.06. The molecule has 0 aliphatic carbocycles. The summed E-state index contributed by atoms with van der Waals surface area (Å²) in [4.78, 5) is 12.1. The van der Waals surface area contributed by atoms with Gasteiger partial charge in [0, 0.05) is 13.2 Å². The minimum absolute atomic E-state index is 0.109. The Kier molecular flexibility index (Phi) is 5.70. The molecule has 1 heterocycles. The van der Waals surface area contributed by atoms with E-state index in [0.29, 0.717) is 24.3 Å². The molecule has 0 amide bonds. The Morgan fingerprint density at radius 3 is 3.00 bits per heavy atom. The van der Waals surface area contributed by atoms with Crippen LogP contribution in [0.25, 0.3) is 0 Å². The number of ether oxygens (including phenoxy) is 2. The predicted molar refractivity (Wildman–Crippen MR) is 77.5 cm³/mol. The van der Waals surface area contributed by atoms with Gasteiger partial charge in [-0.25, -0.2) is 9.18 Å². The molecule has 1 aliphatic rings. The smallest absolute Gasteiger partial charge is 0.327 e. The number of aryl methyl sites for hydroxylation is 1. The van der Waals surface area contributed by atoms with Gasteiger partial charge in [-0.1, -0.05) is 12.1 Å². The molecule has 5 heteroatoms. The van der Waals surface area contributed by atoms with Crippen LogP contribution in [0.15, 0.2) is 18.2 Å². The molecule has 1 fully saturated rings. The summed E-state index contributed by atoms with van der Waals surface area (Å²) in [6, 6.07) is 4.15. The van der Waals surface area contributed by atoms with Crippen LogP contribution in [0.4, 0.5) is 4.39 Å². The summed E-state index contributed by atoms with van der Waals surface area (Å²) in [5, 5.41) is 3.14. The second-order valence-electron chi connectivity index (χ2n) is 5.24. The lowest BCUT2D eigenvalue weighted by Crippen LogP contribution is -2.35. The van der Waals surface area contributed by atoms with E-state index in [2.05, 4.69) is 5.32 Å². The fourth-order valence-electron chi connectivity index (χ4n) is 2.41. The maximum absolute atomic E-state index is 13.7. The van der Waals surface area contributed by atoms with Crippen LogP contribution >= 0.6 is 0 Å². The standard InChI is InChI=1S/C16H22FNO3/c1-3-20-16(19)15(18-10-13-5-4-8-21-13)12-7-6-11(2)14(17)9-12/h6-7,9,13,15,18H,3-5,8,10H2,1-2H3. The number of carbonyl (C=O) groups is 1. The highest BCUT2D eigenvalue weighted by Gasteiger charge is 2.25. The van der Waals surface area contributed by atoms with Crippen LogP contribution in [0.5, 0.6) is 0 Å². The van der Waals surface area contributed by atoms with Gasteiger partial charge in [0.15, 0.2) is 0 Å². The third-order valence-electron chi connectivity index (χ3n) is 3.63. The number of hydrogen-bond donors (Lipinski definition) is 1. The maximum atomic E-state index is 13.7. The van der Waals surface area contributed by atoms with E-state index >= 15 is 0 Å². The number of carbonyl (C=O) groups excluding carboxylic acids is 1. The van der Waals surface area contributed by atoms with E-state index in [1.165, 1.54) is 6.07 Å². The molecule has 4 nitrogen and oxygen atoms in total. The first-order valence-corrected chi connectivity index (χ1v) is 7.39. The van der Waals surface area contributed by atoms with Crippen LogP contribution in [-0.4, -0.2) is 31.8 Å². The Labute approximate surface area is 124 Å². The van der Waals surface area contributed by atoms with Crippen LogP contribution in [0, 0.1) is 12.7 Å². The normalized spacial score (nSPS) is 19.5. The second-order valence-corrected chi connectivity index (χ2v) is 5.24. The van der Waals surface area contributed by atoms with Gasteiger partial charge in [0.1, 0.15) is 11.9 Å². The number of halogens is 1. The molecule has 0 aromatic heterocycles. The SMILES string of the molecule is CCOC(=O)C(NCC1CCCO1)c1ccc(C)c(F)c1. The van der Waals surface area contributed by atoms with Gasteiger partial charge in [-0.15, -0.1) is 0 Å². The zero-order chi connectivity index (χ0) is 15.2. The summed E-state index contributed by atoms with van der Waals surface area (Å²) in [5.41, 5.74) is 1.13. The van der Waals surface area contributed by atoms with Crippen molar-refractivity contribution in [1.29, 1.82) is 0 Å². The lowest BCUT2D eigenvalue weighted by atomic mass is 10.0. The molecule has 116 valence electrons. The van der Waals surface area contributed by atoms with Crippen molar-refractivity contribution in [2.75, 3.05) is 19.8 Å². The lowest BCUT2D eigenvalue weighted by molar-refractivity contribution is -0.146. The number of rotatable bonds is 6. The summed E-state index contributed by atoms with van der Waals surface area (Å²) in [5.74, 6) is -0.709. The quantitative estimate of drug-likeness (QED) is 0.819. The zero-order valence-corrected chi connectivity index (χ0v) is 12.5. The van der Waals surface area contributed by atoms with Crippen molar-refractivity contribution in [3.63, 3.8) is 0 Å². The first kappa shape index (κ1) is 15.9. The molecule has 2 atom stereocenters. The van der Waals surface area contributed by atoms with E-state index in [9.17, 15) is 9.18 Å². The summed E-state index contributed by atoms with van der Waals surface area (Å²) in [7, 11) is 0. The number of esters is 1. The molecule has 0 bridgehead atoms. The summed E-state index contributed by atoms with van der Waals surface area (Å²) >= 11 is 0. The van der Waals surface area contributed by atoms with Crippen molar-refractivity contribution >= 4 is 5.97 Å².